The summed E-state index contributed by atoms with van der Waals surface area (Å²) in [4.78, 5) is 51.6. The fraction of sp³-hybridized carbons (Fsp3) is 0.356. The molecule has 9 rings (SSSR count). The number of allylic oxidation sites excluding steroid dienone is 1. The molecule has 1 saturated carbocycles. The second-order valence-electron chi connectivity index (χ2n) is 15.4. The van der Waals surface area contributed by atoms with Crippen molar-refractivity contribution in [2.24, 2.45) is 5.41 Å². The zero-order valence-corrected chi connectivity index (χ0v) is 31.3. The maximum absolute atomic E-state index is 15.3. The van der Waals surface area contributed by atoms with Gasteiger partial charge in [0.2, 0.25) is 17.6 Å². The van der Waals surface area contributed by atoms with Gasteiger partial charge in [0.05, 0.1) is 13.2 Å². The van der Waals surface area contributed by atoms with Gasteiger partial charge in [-0.25, -0.2) is 0 Å². The van der Waals surface area contributed by atoms with E-state index in [1.807, 2.05) is 109 Å². The minimum Gasteiger partial charge on any atom is -0.508 e. The fourth-order valence-electron chi connectivity index (χ4n) is 9.43. The number of hydrogen-bond donors (Lipinski definition) is 3. The number of phenols is 1. The Morgan fingerprint density at radius 1 is 0.877 bits per heavy atom. The van der Waals surface area contributed by atoms with Crippen LogP contribution in [0.2, 0.25) is 0 Å². The SMILES string of the molecule is O=C(NCCO)[C@H]1CCCN1C(=O)[C@@]12C[C@H]3OC(=O)[C@@H]1N(Cc1ccc(C=CCc4ccccc4O)cc1)O[C@@H]2[C@H]1OC(c2ccccc2)(c2ccccc2)O[C@H]13. The molecule has 4 aromatic carbocycles. The molecule has 5 fully saturated rings. The molecule has 7 atom stereocenters. The van der Waals surface area contributed by atoms with Crippen molar-refractivity contribution in [2.75, 3.05) is 19.7 Å². The van der Waals surface area contributed by atoms with Gasteiger partial charge in [0.15, 0.2) is 6.04 Å². The van der Waals surface area contributed by atoms with E-state index < -0.39 is 53.7 Å². The van der Waals surface area contributed by atoms with Crippen molar-refractivity contribution in [1.29, 1.82) is 0 Å². The van der Waals surface area contributed by atoms with E-state index in [0.717, 1.165) is 27.8 Å². The molecule has 0 aromatic heterocycles. The molecule has 0 spiro atoms. The van der Waals surface area contributed by atoms with E-state index in [-0.39, 0.29) is 43.7 Å². The van der Waals surface area contributed by atoms with Crippen molar-refractivity contribution >= 4 is 23.9 Å². The van der Waals surface area contributed by atoms with E-state index in [0.29, 0.717) is 25.8 Å². The highest BCUT2D eigenvalue weighted by Gasteiger charge is 2.77. The normalized spacial score (nSPS) is 28.6. The van der Waals surface area contributed by atoms with E-state index in [4.69, 9.17) is 19.0 Å². The summed E-state index contributed by atoms with van der Waals surface area (Å²) < 4.78 is 20.3. The van der Waals surface area contributed by atoms with Gasteiger partial charge in [-0.3, -0.25) is 19.2 Å². The highest BCUT2D eigenvalue weighted by Crippen LogP contribution is 2.60. The van der Waals surface area contributed by atoms with Crippen molar-refractivity contribution in [3.8, 4) is 5.75 Å². The maximum atomic E-state index is 15.3. The Morgan fingerprint density at radius 3 is 2.26 bits per heavy atom. The summed E-state index contributed by atoms with van der Waals surface area (Å²) in [7, 11) is 0. The van der Waals surface area contributed by atoms with Gasteiger partial charge in [-0.05, 0) is 42.0 Å². The number of benzene rings is 4. The Labute approximate surface area is 330 Å². The number of esters is 1. The molecule has 12 nitrogen and oxygen atoms in total. The van der Waals surface area contributed by atoms with Crippen LogP contribution in [-0.4, -0.2) is 94.2 Å². The van der Waals surface area contributed by atoms with Crippen LogP contribution >= 0.6 is 0 Å². The van der Waals surface area contributed by atoms with Gasteiger partial charge in [0, 0.05) is 30.6 Å². The number of likely N-dealkylation sites (tertiary alicyclic amines) is 1. The third-order valence-electron chi connectivity index (χ3n) is 12.0. The molecular weight excluding hydrogens is 727 g/mol. The number of amides is 2. The first-order valence-corrected chi connectivity index (χ1v) is 19.6. The molecule has 12 heteroatoms. The molecule has 294 valence electrons. The number of rotatable bonds is 11. The summed E-state index contributed by atoms with van der Waals surface area (Å²) >= 11 is 0. The van der Waals surface area contributed by atoms with Gasteiger partial charge in [0.1, 0.15) is 41.6 Å². The largest absolute Gasteiger partial charge is 0.508 e. The van der Waals surface area contributed by atoms with Gasteiger partial charge in [0.25, 0.3) is 0 Å². The number of aliphatic hydroxyl groups is 1. The van der Waals surface area contributed by atoms with E-state index in [9.17, 15) is 19.8 Å². The average Bonchev–Trinajstić information content (AvgIpc) is 3.98. The molecule has 1 aliphatic carbocycles. The Hall–Kier alpha value is -5.37. The van der Waals surface area contributed by atoms with Crippen LogP contribution < -0.4 is 5.32 Å². The number of carbonyl (C=O) groups excluding carboxylic acids is 3. The number of aliphatic hydroxyl groups excluding tert-OH is 1. The summed E-state index contributed by atoms with van der Waals surface area (Å²) in [6, 6.07) is 32.4. The van der Waals surface area contributed by atoms with E-state index in [2.05, 4.69) is 5.32 Å². The lowest BCUT2D eigenvalue weighted by Gasteiger charge is -2.50. The van der Waals surface area contributed by atoms with Gasteiger partial charge in [-0.1, -0.05) is 115 Å². The molecule has 2 amide bonds. The van der Waals surface area contributed by atoms with E-state index in [1.165, 1.54) is 0 Å². The lowest BCUT2D eigenvalue weighted by atomic mass is 9.62. The predicted molar refractivity (Wildman–Crippen MR) is 207 cm³/mol. The molecule has 4 saturated heterocycles. The number of hydrogen-bond acceptors (Lipinski definition) is 10. The zero-order valence-electron chi connectivity index (χ0n) is 31.3. The van der Waals surface area contributed by atoms with Crippen molar-refractivity contribution < 1.29 is 43.6 Å². The highest BCUT2D eigenvalue weighted by molar-refractivity contribution is 5.96. The molecule has 2 bridgehead atoms. The topological polar surface area (TPSA) is 147 Å². The number of hydroxylamine groups is 2. The highest BCUT2D eigenvalue weighted by atomic mass is 16.8. The molecule has 4 aliphatic heterocycles. The molecule has 57 heavy (non-hydrogen) atoms. The van der Waals surface area contributed by atoms with Crippen molar-refractivity contribution in [3.63, 3.8) is 0 Å². The van der Waals surface area contributed by atoms with Gasteiger partial charge < -0.3 is 34.6 Å². The van der Waals surface area contributed by atoms with Crippen LogP contribution in [0.4, 0.5) is 0 Å². The predicted octanol–water partition coefficient (Wildman–Crippen LogP) is 4.23. The lowest BCUT2D eigenvalue weighted by Crippen LogP contribution is -2.70. The van der Waals surface area contributed by atoms with E-state index in [1.54, 1.807) is 22.1 Å². The number of ether oxygens (including phenoxy) is 3. The Balaban J connectivity index is 1.06. The van der Waals surface area contributed by atoms with Crippen LogP contribution in [0.1, 0.15) is 47.1 Å². The zero-order chi connectivity index (χ0) is 39.1. The number of nitrogens with zero attached hydrogens (tertiary/aromatic N) is 2. The van der Waals surface area contributed by atoms with Gasteiger partial charge in [-0.15, -0.1) is 0 Å². The smallest absolute Gasteiger partial charge is 0.327 e. The quantitative estimate of drug-likeness (QED) is 0.190. The van der Waals surface area contributed by atoms with Crippen molar-refractivity contribution in [3.05, 3.63) is 143 Å². The van der Waals surface area contributed by atoms with Crippen LogP contribution in [0.15, 0.2) is 115 Å². The summed E-state index contributed by atoms with van der Waals surface area (Å²) in [5.41, 5.74) is 2.65. The first kappa shape index (κ1) is 37.2. The summed E-state index contributed by atoms with van der Waals surface area (Å²) in [6.07, 6.45) is 2.33. The summed E-state index contributed by atoms with van der Waals surface area (Å²) in [5, 5.41) is 23.8. The van der Waals surface area contributed by atoms with Crippen LogP contribution in [-0.2, 0) is 52.2 Å². The second-order valence-corrected chi connectivity index (χ2v) is 15.4. The monoisotopic (exact) mass is 771 g/mol. The third kappa shape index (κ3) is 6.41. The summed E-state index contributed by atoms with van der Waals surface area (Å²) in [5.74, 6) is -2.43. The van der Waals surface area contributed by atoms with Crippen LogP contribution in [0.5, 0.6) is 5.75 Å². The second kappa shape index (κ2) is 15.2. The Morgan fingerprint density at radius 2 is 1.56 bits per heavy atom. The van der Waals surface area contributed by atoms with Crippen molar-refractivity contribution in [2.45, 2.75) is 74.5 Å². The molecule has 4 aromatic rings. The number of nitrogens with one attached hydrogen (secondary N) is 1. The number of carbonyl (C=O) groups is 3. The Kier molecular flexibility index (Phi) is 9.91. The Bertz CT molecular complexity index is 2110. The molecule has 0 radical (unpaired) electrons. The standard InChI is InChI=1S/C45H45N3O9/c49-26-24-46-41(51)34-18-10-25-47(34)43(53)44-27-36-37-38(56-45(55-37,32-14-3-1-4-15-32)33-16-5-2-6-17-33)40(44)57-48(39(44)42(52)54-36)28-30-22-20-29(21-23-30)11-9-13-31-12-7-8-19-35(31)50/h1-9,11-12,14-17,19-23,34,36-40,49-50H,10,13,18,24-28H2,(H,46,51)/t34-,36-,37+,38+,39+,40-,44+/m1/s1. The van der Waals surface area contributed by atoms with Gasteiger partial charge in [-0.2, -0.15) is 5.06 Å². The number of fused-ring (bicyclic) bond motifs is 4. The molecule has 4 heterocycles. The van der Waals surface area contributed by atoms with Crippen LogP contribution in [0, 0.1) is 5.41 Å². The molecule has 5 aliphatic rings. The first-order chi connectivity index (χ1) is 27.8. The van der Waals surface area contributed by atoms with Crippen LogP contribution in [0.3, 0.4) is 0 Å². The van der Waals surface area contributed by atoms with E-state index >= 15 is 4.79 Å². The number of aromatic hydroxyl groups is 1. The third-order valence-corrected chi connectivity index (χ3v) is 12.0. The van der Waals surface area contributed by atoms with Gasteiger partial charge >= 0.3 is 5.97 Å². The molecule has 3 N–H and O–H groups in total. The first-order valence-electron chi connectivity index (χ1n) is 19.6. The van der Waals surface area contributed by atoms with Crippen molar-refractivity contribution in [1.82, 2.24) is 15.3 Å². The summed E-state index contributed by atoms with van der Waals surface area (Å²) in [6.45, 7) is 0.343. The number of para-hydroxylation sites is 1. The fourth-order valence-corrected chi connectivity index (χ4v) is 9.43. The minimum absolute atomic E-state index is 0.0697. The maximum Gasteiger partial charge on any atom is 0.327 e. The minimum atomic E-state index is -1.46. The molecular formula is C45H45N3O9. The lowest BCUT2D eigenvalue weighted by molar-refractivity contribution is -0.214. The molecule has 0 unspecified atom stereocenters. The number of phenolic OH excluding ortho intramolecular Hbond substituents is 1. The average molecular weight is 772 g/mol. The van der Waals surface area contributed by atoms with Crippen LogP contribution in [0.25, 0.3) is 6.08 Å².